The minimum absolute atomic E-state index is 0.0448. The number of nitrogens with zero attached hydrogens (tertiary/aromatic N) is 2. The summed E-state index contributed by atoms with van der Waals surface area (Å²) in [6, 6.07) is 4.65. The summed E-state index contributed by atoms with van der Waals surface area (Å²) in [6.07, 6.45) is 0. The van der Waals surface area contributed by atoms with Crippen molar-refractivity contribution >= 4 is 37.3 Å². The van der Waals surface area contributed by atoms with Gasteiger partial charge in [0.25, 0.3) is 10.0 Å². The molecule has 0 aliphatic heterocycles. The van der Waals surface area contributed by atoms with Crippen LogP contribution in [0.3, 0.4) is 0 Å². The van der Waals surface area contributed by atoms with Crippen LogP contribution in [0.2, 0.25) is 0 Å². The van der Waals surface area contributed by atoms with Gasteiger partial charge in [-0.1, -0.05) is 15.9 Å². The SMILES string of the molecule is Cc1nn(C)c(C)c1NS(=O)(=O)c1ccc(Br)cc1N. The molecule has 1 aromatic carbocycles. The van der Waals surface area contributed by atoms with Crippen molar-refractivity contribution in [3.05, 3.63) is 34.1 Å². The number of halogens is 1. The van der Waals surface area contributed by atoms with E-state index in [2.05, 4.69) is 25.8 Å². The van der Waals surface area contributed by atoms with Gasteiger partial charge in [-0.15, -0.1) is 0 Å². The summed E-state index contributed by atoms with van der Waals surface area (Å²) < 4.78 is 29.7. The van der Waals surface area contributed by atoms with E-state index >= 15 is 0 Å². The summed E-state index contributed by atoms with van der Waals surface area (Å²) in [6.45, 7) is 3.54. The first-order valence-corrected chi connectivity index (χ1v) is 8.08. The van der Waals surface area contributed by atoms with Crippen molar-refractivity contribution in [3.8, 4) is 0 Å². The van der Waals surface area contributed by atoms with Gasteiger partial charge in [0.1, 0.15) is 4.90 Å². The lowest BCUT2D eigenvalue weighted by atomic mass is 10.3. The molecule has 0 aliphatic carbocycles. The lowest BCUT2D eigenvalue weighted by Crippen LogP contribution is -2.15. The highest BCUT2D eigenvalue weighted by molar-refractivity contribution is 9.10. The first-order chi connectivity index (χ1) is 9.22. The molecule has 2 aromatic rings. The average molecular weight is 359 g/mol. The number of nitrogens with one attached hydrogen (secondary N) is 1. The van der Waals surface area contributed by atoms with Gasteiger partial charge in [-0.2, -0.15) is 5.10 Å². The molecule has 0 unspecified atom stereocenters. The van der Waals surface area contributed by atoms with Crippen LogP contribution in [0.4, 0.5) is 11.4 Å². The fourth-order valence-electron chi connectivity index (χ4n) is 1.87. The number of benzene rings is 1. The Hall–Kier alpha value is -1.54. The first-order valence-electron chi connectivity index (χ1n) is 5.80. The van der Waals surface area contributed by atoms with Gasteiger partial charge in [0, 0.05) is 11.5 Å². The van der Waals surface area contributed by atoms with E-state index in [1.807, 2.05) is 0 Å². The number of rotatable bonds is 3. The van der Waals surface area contributed by atoms with Gasteiger partial charge < -0.3 is 5.73 Å². The predicted octanol–water partition coefficient (Wildman–Crippen LogP) is 2.18. The molecule has 108 valence electrons. The zero-order chi connectivity index (χ0) is 15.1. The molecule has 8 heteroatoms. The normalized spacial score (nSPS) is 11.6. The summed E-state index contributed by atoms with van der Waals surface area (Å²) in [5, 5.41) is 4.18. The van der Waals surface area contributed by atoms with Crippen molar-refractivity contribution in [3.63, 3.8) is 0 Å². The van der Waals surface area contributed by atoms with Crippen LogP contribution in [-0.4, -0.2) is 18.2 Å². The van der Waals surface area contributed by atoms with Gasteiger partial charge in [0.2, 0.25) is 0 Å². The molecule has 1 aromatic heterocycles. The maximum absolute atomic E-state index is 12.4. The van der Waals surface area contributed by atoms with E-state index in [-0.39, 0.29) is 10.6 Å². The molecule has 0 fully saturated rings. The van der Waals surface area contributed by atoms with Crippen molar-refractivity contribution in [2.75, 3.05) is 10.5 Å². The third-order valence-corrected chi connectivity index (χ3v) is 4.92. The van der Waals surface area contributed by atoms with Gasteiger partial charge in [-0.25, -0.2) is 8.42 Å². The molecule has 0 amide bonds. The topological polar surface area (TPSA) is 90.0 Å². The standard InChI is InChI=1S/C12H15BrN4O2S/c1-7-12(8(2)17(3)15-7)16-20(18,19)11-5-4-9(13)6-10(11)14/h4-6,16H,14H2,1-3H3. The Morgan fingerprint density at radius 1 is 1.35 bits per heavy atom. The van der Waals surface area contributed by atoms with Crippen molar-refractivity contribution < 1.29 is 8.42 Å². The number of anilines is 2. The third-order valence-electron chi connectivity index (χ3n) is 3.01. The second-order valence-corrected chi connectivity index (χ2v) is 7.02. The molecular weight excluding hydrogens is 344 g/mol. The zero-order valence-corrected chi connectivity index (χ0v) is 13.7. The first kappa shape index (κ1) is 14.9. The summed E-state index contributed by atoms with van der Waals surface area (Å²) >= 11 is 3.25. The molecule has 2 rings (SSSR count). The fraction of sp³-hybridized carbons (Fsp3) is 0.250. The third kappa shape index (κ3) is 2.66. The van der Waals surface area contributed by atoms with Crippen molar-refractivity contribution in [1.29, 1.82) is 0 Å². The van der Waals surface area contributed by atoms with E-state index in [1.165, 1.54) is 6.07 Å². The molecule has 20 heavy (non-hydrogen) atoms. The minimum Gasteiger partial charge on any atom is -0.398 e. The highest BCUT2D eigenvalue weighted by atomic mass is 79.9. The van der Waals surface area contributed by atoms with Crippen LogP contribution in [0.5, 0.6) is 0 Å². The molecule has 0 aliphatic rings. The fourth-order valence-corrected chi connectivity index (χ4v) is 3.54. The van der Waals surface area contributed by atoms with E-state index in [0.29, 0.717) is 11.4 Å². The number of aromatic nitrogens is 2. The number of hydrogen-bond acceptors (Lipinski definition) is 4. The van der Waals surface area contributed by atoms with Crippen LogP contribution in [0.1, 0.15) is 11.4 Å². The summed E-state index contributed by atoms with van der Waals surface area (Å²) in [7, 11) is -1.98. The smallest absolute Gasteiger partial charge is 0.264 e. The molecule has 6 nitrogen and oxygen atoms in total. The van der Waals surface area contributed by atoms with Crippen LogP contribution in [0.25, 0.3) is 0 Å². The summed E-state index contributed by atoms with van der Waals surface area (Å²) in [5.41, 5.74) is 7.79. The molecule has 3 N–H and O–H groups in total. The number of nitrogens with two attached hydrogens (primary N) is 1. The number of hydrogen-bond donors (Lipinski definition) is 2. The number of nitrogen functional groups attached to an aromatic ring is 1. The molecule has 0 saturated carbocycles. The largest absolute Gasteiger partial charge is 0.398 e. The lowest BCUT2D eigenvalue weighted by molar-refractivity contribution is 0.601. The molecule has 0 bridgehead atoms. The van der Waals surface area contributed by atoms with Crippen LogP contribution in [-0.2, 0) is 17.1 Å². The van der Waals surface area contributed by atoms with E-state index < -0.39 is 10.0 Å². The maximum Gasteiger partial charge on any atom is 0.264 e. The highest BCUT2D eigenvalue weighted by Crippen LogP contribution is 2.27. The predicted molar refractivity (Wildman–Crippen MR) is 82.0 cm³/mol. The second-order valence-electron chi connectivity index (χ2n) is 4.46. The van der Waals surface area contributed by atoms with E-state index in [0.717, 1.165) is 10.2 Å². The molecule has 0 saturated heterocycles. The van der Waals surface area contributed by atoms with E-state index in [9.17, 15) is 8.42 Å². The molecule has 1 heterocycles. The van der Waals surface area contributed by atoms with Gasteiger partial charge in [-0.3, -0.25) is 9.40 Å². The average Bonchev–Trinajstić information content (AvgIpc) is 2.55. The molecular formula is C12H15BrN4O2S. The quantitative estimate of drug-likeness (QED) is 0.822. The lowest BCUT2D eigenvalue weighted by Gasteiger charge is -2.10. The zero-order valence-electron chi connectivity index (χ0n) is 11.3. The van der Waals surface area contributed by atoms with Crippen LogP contribution in [0, 0.1) is 13.8 Å². The Morgan fingerprint density at radius 2 is 2.00 bits per heavy atom. The Balaban J connectivity index is 2.46. The Kier molecular flexibility index (Phi) is 3.79. The van der Waals surface area contributed by atoms with Gasteiger partial charge in [0.05, 0.1) is 22.8 Å². The van der Waals surface area contributed by atoms with Crippen molar-refractivity contribution in [1.82, 2.24) is 9.78 Å². The van der Waals surface area contributed by atoms with Gasteiger partial charge in [-0.05, 0) is 32.0 Å². The molecule has 0 atom stereocenters. The van der Waals surface area contributed by atoms with Gasteiger partial charge in [0.15, 0.2) is 0 Å². The second kappa shape index (κ2) is 5.10. The van der Waals surface area contributed by atoms with Crippen LogP contribution >= 0.6 is 15.9 Å². The summed E-state index contributed by atoms with van der Waals surface area (Å²) in [5.74, 6) is 0. The molecule has 0 spiro atoms. The summed E-state index contributed by atoms with van der Waals surface area (Å²) in [4.78, 5) is 0.0448. The number of aryl methyl sites for hydroxylation is 2. The monoisotopic (exact) mass is 358 g/mol. The molecule has 0 radical (unpaired) electrons. The Labute approximate surface area is 126 Å². The van der Waals surface area contributed by atoms with Crippen molar-refractivity contribution in [2.45, 2.75) is 18.7 Å². The highest BCUT2D eigenvalue weighted by Gasteiger charge is 2.21. The number of sulfonamides is 1. The van der Waals surface area contributed by atoms with Crippen LogP contribution in [0.15, 0.2) is 27.6 Å². The van der Waals surface area contributed by atoms with Gasteiger partial charge >= 0.3 is 0 Å². The van der Waals surface area contributed by atoms with Crippen LogP contribution < -0.4 is 10.5 Å². The van der Waals surface area contributed by atoms with E-state index in [1.54, 1.807) is 37.7 Å². The van der Waals surface area contributed by atoms with E-state index in [4.69, 9.17) is 5.73 Å². The Morgan fingerprint density at radius 3 is 2.50 bits per heavy atom. The van der Waals surface area contributed by atoms with Crippen molar-refractivity contribution in [2.24, 2.45) is 7.05 Å². The minimum atomic E-state index is -3.74. The maximum atomic E-state index is 12.4. The Bertz CT molecular complexity index is 768.